The van der Waals surface area contributed by atoms with Crippen LogP contribution in [-0.2, 0) is 4.79 Å². The lowest BCUT2D eigenvalue weighted by atomic mass is 9.54. The molecule has 4 heterocycles. The van der Waals surface area contributed by atoms with Crippen molar-refractivity contribution in [3.8, 4) is 5.75 Å². The molecule has 1 aliphatic heterocycles. The number of hydrogen-bond acceptors (Lipinski definition) is 6. The van der Waals surface area contributed by atoms with Gasteiger partial charge in [0, 0.05) is 48.3 Å². The maximum atomic E-state index is 12.8. The van der Waals surface area contributed by atoms with Crippen molar-refractivity contribution in [1.29, 1.82) is 0 Å². The van der Waals surface area contributed by atoms with Crippen LogP contribution in [0.25, 0.3) is 4.83 Å². The first-order valence-corrected chi connectivity index (χ1v) is 11.2. The Morgan fingerprint density at radius 3 is 2.82 bits per heavy atom. The Balaban J connectivity index is 1.13. The number of alkyl halides is 3. The first kappa shape index (κ1) is 21.7. The highest BCUT2D eigenvalue weighted by Gasteiger charge is 2.55. The molecule has 1 spiro atoms. The molecular formula is C21H20F3N5O3S. The first-order valence-electron chi connectivity index (χ1n) is 10.4. The van der Waals surface area contributed by atoms with Crippen LogP contribution in [0.1, 0.15) is 30.1 Å². The third kappa shape index (κ3) is 4.14. The number of ether oxygens (including phenoxy) is 1. The summed E-state index contributed by atoms with van der Waals surface area (Å²) in [6.45, 7) is 3.10. The number of likely N-dealkylation sites (tertiary alicyclic amines) is 1. The van der Waals surface area contributed by atoms with Crippen molar-refractivity contribution in [2.45, 2.75) is 26.1 Å². The van der Waals surface area contributed by atoms with Crippen molar-refractivity contribution in [2.24, 2.45) is 17.3 Å². The molecule has 5 rings (SSSR count). The van der Waals surface area contributed by atoms with Crippen LogP contribution in [0.3, 0.4) is 0 Å². The summed E-state index contributed by atoms with van der Waals surface area (Å²) in [4.78, 5) is 31.9. The van der Waals surface area contributed by atoms with Gasteiger partial charge in [0.2, 0.25) is 5.91 Å². The molecule has 1 aliphatic carbocycles. The minimum absolute atomic E-state index is 0.00382. The monoisotopic (exact) mass is 479 g/mol. The number of fused-ring (bicyclic) bond motifs is 1. The second-order valence-corrected chi connectivity index (χ2v) is 9.64. The number of anilines is 1. The van der Waals surface area contributed by atoms with Gasteiger partial charge in [-0.1, -0.05) is 6.92 Å². The van der Waals surface area contributed by atoms with Crippen LogP contribution in [0, 0.1) is 17.3 Å². The van der Waals surface area contributed by atoms with Gasteiger partial charge in [0.25, 0.3) is 5.91 Å². The summed E-state index contributed by atoms with van der Waals surface area (Å²) in [5.41, 5.74) is 0.641. The minimum Gasteiger partial charge on any atom is -0.406 e. The van der Waals surface area contributed by atoms with E-state index in [0.717, 1.165) is 36.0 Å². The predicted molar refractivity (Wildman–Crippen MR) is 113 cm³/mol. The van der Waals surface area contributed by atoms with Crippen molar-refractivity contribution in [3.63, 3.8) is 0 Å². The van der Waals surface area contributed by atoms with Crippen molar-refractivity contribution < 1.29 is 27.5 Å². The lowest BCUT2D eigenvalue weighted by Crippen LogP contribution is -2.64. The second kappa shape index (κ2) is 7.72. The Morgan fingerprint density at radius 2 is 2.09 bits per heavy atom. The molecule has 12 heteroatoms. The average Bonchev–Trinajstić information content (AvgIpc) is 3.28. The lowest BCUT2D eigenvalue weighted by molar-refractivity contribution is -0.274. The number of hydrogen-bond donors (Lipinski definition) is 1. The summed E-state index contributed by atoms with van der Waals surface area (Å²) in [6.07, 6.45) is 1.37. The number of nitrogens with one attached hydrogen (secondary N) is 1. The number of aromatic nitrogens is 3. The van der Waals surface area contributed by atoms with E-state index in [1.165, 1.54) is 11.3 Å². The molecule has 3 aromatic heterocycles. The summed E-state index contributed by atoms with van der Waals surface area (Å²) < 4.78 is 42.7. The molecular weight excluding hydrogens is 459 g/mol. The molecule has 0 bridgehead atoms. The number of thiazole rings is 1. The van der Waals surface area contributed by atoms with E-state index >= 15 is 0 Å². The summed E-state index contributed by atoms with van der Waals surface area (Å²) in [5.74, 6) is -0.976. The predicted octanol–water partition coefficient (Wildman–Crippen LogP) is 3.82. The SMILES string of the molecule is CC(C(=O)Nc1cc(OC(F)(F)F)ccn1)C1CC2(C1)CN(C(=O)c1cnn3ccsc13)C2. The highest BCUT2D eigenvalue weighted by molar-refractivity contribution is 7.15. The van der Waals surface area contributed by atoms with Crippen molar-refractivity contribution in [2.75, 3.05) is 18.4 Å². The standard InChI is InChI=1S/C21H20F3N5O3S/c1-12(17(30)27-16-6-14(2-3-25-16)32-21(22,23)24)13-7-20(8-13)10-28(11-20)18(31)15-9-26-29-4-5-33-19(15)29/h2-6,9,12-13H,7-8,10-11H2,1H3,(H,25,27,30). The topological polar surface area (TPSA) is 88.8 Å². The number of rotatable bonds is 5. The van der Waals surface area contributed by atoms with Crippen LogP contribution in [0.15, 0.2) is 36.1 Å². The number of pyridine rings is 1. The van der Waals surface area contributed by atoms with Crippen LogP contribution in [0.2, 0.25) is 0 Å². The Bertz CT molecular complexity index is 1210. The zero-order valence-corrected chi connectivity index (χ0v) is 18.3. The van der Waals surface area contributed by atoms with Crippen LogP contribution < -0.4 is 10.1 Å². The Labute approximate surface area is 190 Å². The van der Waals surface area contributed by atoms with E-state index < -0.39 is 12.1 Å². The fourth-order valence-electron chi connectivity index (χ4n) is 4.75. The second-order valence-electron chi connectivity index (χ2n) is 8.74. The number of amides is 2. The minimum atomic E-state index is -4.82. The van der Waals surface area contributed by atoms with E-state index in [1.54, 1.807) is 17.6 Å². The van der Waals surface area contributed by atoms with Crippen LogP contribution in [0.4, 0.5) is 19.0 Å². The number of halogens is 3. The van der Waals surface area contributed by atoms with Crippen LogP contribution in [-0.4, -0.2) is 50.8 Å². The Hall–Kier alpha value is -3.15. The van der Waals surface area contributed by atoms with Gasteiger partial charge >= 0.3 is 6.36 Å². The van der Waals surface area contributed by atoms with E-state index in [9.17, 15) is 22.8 Å². The number of carbonyl (C=O) groups excluding carboxylic acids is 2. The van der Waals surface area contributed by atoms with Gasteiger partial charge in [0.05, 0.1) is 11.8 Å². The van der Waals surface area contributed by atoms with E-state index in [4.69, 9.17) is 0 Å². The maximum absolute atomic E-state index is 12.8. The normalized spacial score (nSPS) is 18.6. The average molecular weight is 479 g/mol. The molecule has 1 atom stereocenters. The molecule has 0 aromatic carbocycles. The van der Waals surface area contributed by atoms with Crippen molar-refractivity contribution in [1.82, 2.24) is 19.5 Å². The summed E-state index contributed by atoms with van der Waals surface area (Å²) in [6, 6.07) is 2.11. The molecule has 1 N–H and O–H groups in total. The van der Waals surface area contributed by atoms with E-state index in [2.05, 4.69) is 20.1 Å². The zero-order chi connectivity index (χ0) is 23.4. The lowest BCUT2D eigenvalue weighted by Gasteiger charge is -2.60. The van der Waals surface area contributed by atoms with Crippen molar-refractivity contribution >= 4 is 33.8 Å². The highest BCUT2D eigenvalue weighted by atomic mass is 32.1. The van der Waals surface area contributed by atoms with Gasteiger partial charge in [0.15, 0.2) is 0 Å². The first-order chi connectivity index (χ1) is 15.6. The molecule has 2 aliphatic rings. The van der Waals surface area contributed by atoms with E-state index in [-0.39, 0.29) is 34.9 Å². The number of carbonyl (C=O) groups is 2. The van der Waals surface area contributed by atoms with Gasteiger partial charge in [-0.25, -0.2) is 9.50 Å². The maximum Gasteiger partial charge on any atom is 0.573 e. The molecule has 174 valence electrons. The smallest absolute Gasteiger partial charge is 0.406 e. The Kier molecular flexibility index (Phi) is 5.07. The molecule has 0 radical (unpaired) electrons. The van der Waals surface area contributed by atoms with Gasteiger partial charge < -0.3 is 15.0 Å². The van der Waals surface area contributed by atoms with Gasteiger partial charge in [-0.3, -0.25) is 9.59 Å². The molecule has 3 aromatic rings. The molecule has 8 nitrogen and oxygen atoms in total. The summed E-state index contributed by atoms with van der Waals surface area (Å²) >= 11 is 1.47. The fraction of sp³-hybridized carbons (Fsp3) is 0.429. The molecule has 33 heavy (non-hydrogen) atoms. The van der Waals surface area contributed by atoms with Gasteiger partial charge in [0.1, 0.15) is 16.4 Å². The largest absolute Gasteiger partial charge is 0.573 e. The molecule has 1 saturated carbocycles. The van der Waals surface area contributed by atoms with Gasteiger partial charge in [-0.05, 0) is 24.8 Å². The third-order valence-corrected chi connectivity index (χ3v) is 7.32. The molecule has 1 saturated heterocycles. The van der Waals surface area contributed by atoms with Gasteiger partial charge in [-0.2, -0.15) is 5.10 Å². The Morgan fingerprint density at radius 1 is 1.33 bits per heavy atom. The van der Waals surface area contributed by atoms with Crippen molar-refractivity contribution in [3.05, 3.63) is 41.7 Å². The summed E-state index contributed by atoms with van der Waals surface area (Å²) in [5, 5.41) is 8.64. The quantitative estimate of drug-likeness (QED) is 0.601. The van der Waals surface area contributed by atoms with Crippen LogP contribution >= 0.6 is 11.3 Å². The van der Waals surface area contributed by atoms with Crippen LogP contribution in [0.5, 0.6) is 5.75 Å². The molecule has 1 unspecified atom stereocenters. The van der Waals surface area contributed by atoms with E-state index in [1.807, 2.05) is 16.5 Å². The highest BCUT2D eigenvalue weighted by Crippen LogP contribution is 2.54. The molecule has 2 fully saturated rings. The fourth-order valence-corrected chi connectivity index (χ4v) is 5.53. The third-order valence-electron chi connectivity index (χ3n) is 6.43. The number of nitrogens with zero attached hydrogens (tertiary/aromatic N) is 4. The van der Waals surface area contributed by atoms with Gasteiger partial charge in [-0.15, -0.1) is 24.5 Å². The molecule has 2 amide bonds. The van der Waals surface area contributed by atoms with E-state index in [0.29, 0.717) is 18.7 Å². The summed E-state index contributed by atoms with van der Waals surface area (Å²) in [7, 11) is 0. The zero-order valence-electron chi connectivity index (χ0n) is 17.5.